The standard InChI is InChI=1S/C31H24ClN3O7S2/c1-2-41-30(39)17-3-11-20(12-4-17)35-28(37)24-23(25-27(34-31(40)44-25)43-26(24)29(35)38)16-5-13-21(14-6-16)42-15-22(36)33-19-9-7-18(32)8-10-19/h3-14,23-24,26H,2,15H2,1H3,(H,33,36)(H,34,40)/t23-,24-,26+/m0/s1. The molecule has 0 bridgehead atoms. The van der Waals surface area contributed by atoms with Gasteiger partial charge in [0.15, 0.2) is 6.61 Å². The molecule has 0 unspecified atom stereocenters. The van der Waals surface area contributed by atoms with Crippen LogP contribution in [0.3, 0.4) is 0 Å². The number of H-pyrrole nitrogens is 1. The molecule has 6 rings (SSSR count). The van der Waals surface area contributed by atoms with E-state index in [1.54, 1.807) is 67.6 Å². The lowest BCUT2D eigenvalue weighted by molar-refractivity contribution is -0.122. The lowest BCUT2D eigenvalue weighted by atomic mass is 9.83. The Hall–Kier alpha value is -4.39. The molecule has 1 fully saturated rings. The molecule has 3 amide bonds. The van der Waals surface area contributed by atoms with E-state index in [1.807, 2.05) is 0 Å². The number of aromatic amines is 1. The third kappa shape index (κ3) is 5.75. The molecule has 3 heterocycles. The Morgan fingerprint density at radius 1 is 0.955 bits per heavy atom. The summed E-state index contributed by atoms with van der Waals surface area (Å²) in [6.07, 6.45) is 0. The van der Waals surface area contributed by atoms with Crippen molar-refractivity contribution >= 4 is 69.8 Å². The van der Waals surface area contributed by atoms with Crippen LogP contribution < -0.4 is 19.8 Å². The van der Waals surface area contributed by atoms with Gasteiger partial charge in [0.05, 0.1) is 28.8 Å². The van der Waals surface area contributed by atoms with Crippen molar-refractivity contribution in [3.05, 3.63) is 103 Å². The Morgan fingerprint density at radius 3 is 2.34 bits per heavy atom. The van der Waals surface area contributed by atoms with Gasteiger partial charge < -0.3 is 19.8 Å². The van der Waals surface area contributed by atoms with Crippen LogP contribution in [0.15, 0.2) is 82.6 Å². The number of hydrogen-bond acceptors (Lipinski definition) is 9. The molecule has 1 saturated heterocycles. The minimum absolute atomic E-state index is 0.227. The van der Waals surface area contributed by atoms with Gasteiger partial charge in [-0.1, -0.05) is 46.8 Å². The molecule has 0 spiro atoms. The van der Waals surface area contributed by atoms with Crippen molar-refractivity contribution in [2.45, 2.75) is 23.1 Å². The second kappa shape index (κ2) is 12.3. The van der Waals surface area contributed by atoms with E-state index in [4.69, 9.17) is 21.1 Å². The topological polar surface area (TPSA) is 135 Å². The van der Waals surface area contributed by atoms with Gasteiger partial charge in [-0.05, 0) is 73.2 Å². The monoisotopic (exact) mass is 649 g/mol. The highest BCUT2D eigenvalue weighted by Gasteiger charge is 2.56. The fraction of sp³-hybridized carbons (Fsp3) is 0.194. The molecule has 2 aliphatic rings. The maximum absolute atomic E-state index is 13.9. The molecular weight excluding hydrogens is 626 g/mol. The second-order valence-corrected chi connectivity index (χ2v) is 12.5. The number of benzene rings is 3. The van der Waals surface area contributed by atoms with Crippen molar-refractivity contribution in [3.8, 4) is 5.75 Å². The maximum atomic E-state index is 13.9. The van der Waals surface area contributed by atoms with E-state index in [1.165, 1.54) is 23.9 Å². The van der Waals surface area contributed by atoms with E-state index in [9.17, 15) is 24.0 Å². The third-order valence-electron chi connectivity index (χ3n) is 7.20. The van der Waals surface area contributed by atoms with Crippen molar-refractivity contribution in [2.24, 2.45) is 5.92 Å². The first kappa shape index (κ1) is 29.7. The molecule has 10 nitrogen and oxygen atoms in total. The number of rotatable bonds is 8. The van der Waals surface area contributed by atoms with Crippen LogP contribution in [0.1, 0.15) is 33.6 Å². The molecule has 13 heteroatoms. The predicted octanol–water partition coefficient (Wildman–Crippen LogP) is 5.08. The van der Waals surface area contributed by atoms with E-state index in [0.717, 1.165) is 21.8 Å². The number of hydrogen-bond donors (Lipinski definition) is 2. The predicted molar refractivity (Wildman–Crippen MR) is 167 cm³/mol. The first-order valence-electron chi connectivity index (χ1n) is 13.6. The highest BCUT2D eigenvalue weighted by atomic mass is 35.5. The molecule has 3 aromatic carbocycles. The van der Waals surface area contributed by atoms with Gasteiger partial charge in [0, 0.05) is 21.5 Å². The molecule has 0 radical (unpaired) electrons. The molecule has 0 saturated carbocycles. The largest absolute Gasteiger partial charge is 0.484 e. The molecule has 1 aromatic heterocycles. The maximum Gasteiger partial charge on any atom is 0.338 e. The molecule has 44 heavy (non-hydrogen) atoms. The highest BCUT2D eigenvalue weighted by molar-refractivity contribution is 8.00. The number of aromatic nitrogens is 1. The van der Waals surface area contributed by atoms with Gasteiger partial charge >= 0.3 is 10.8 Å². The van der Waals surface area contributed by atoms with Crippen molar-refractivity contribution in [1.82, 2.24) is 4.98 Å². The SMILES string of the molecule is CCOC(=O)c1ccc(N2C(=O)[C@H]3[C@H](c4ccc(OCC(=O)Nc5ccc(Cl)cc5)cc4)c4sc(=O)[nH]c4S[C@H]3C2=O)cc1. The summed E-state index contributed by atoms with van der Waals surface area (Å²) in [6, 6.07) is 19.7. The number of fused-ring (bicyclic) bond motifs is 2. The zero-order valence-electron chi connectivity index (χ0n) is 23.1. The Morgan fingerprint density at radius 2 is 1.66 bits per heavy atom. The van der Waals surface area contributed by atoms with E-state index in [-0.39, 0.29) is 24.0 Å². The average molecular weight is 650 g/mol. The van der Waals surface area contributed by atoms with Crippen LogP contribution in [0.4, 0.5) is 11.4 Å². The summed E-state index contributed by atoms with van der Waals surface area (Å²) in [4.78, 5) is 68.7. The minimum Gasteiger partial charge on any atom is -0.484 e. The van der Waals surface area contributed by atoms with Crippen molar-refractivity contribution < 1.29 is 28.7 Å². The van der Waals surface area contributed by atoms with E-state index in [2.05, 4.69) is 10.3 Å². The zero-order valence-corrected chi connectivity index (χ0v) is 25.5. The van der Waals surface area contributed by atoms with Crippen molar-refractivity contribution in [1.29, 1.82) is 0 Å². The number of nitrogens with one attached hydrogen (secondary N) is 2. The van der Waals surface area contributed by atoms with Gasteiger partial charge in [-0.25, -0.2) is 9.69 Å². The summed E-state index contributed by atoms with van der Waals surface area (Å²) in [5.74, 6) is -2.55. The molecule has 4 aromatic rings. The summed E-state index contributed by atoms with van der Waals surface area (Å²) < 4.78 is 10.7. The number of carbonyl (C=O) groups is 4. The number of nitrogens with zero attached hydrogens (tertiary/aromatic N) is 1. The fourth-order valence-corrected chi connectivity index (χ4v) is 7.88. The summed E-state index contributed by atoms with van der Waals surface area (Å²) in [6.45, 7) is 1.71. The van der Waals surface area contributed by atoms with Crippen LogP contribution in [0.25, 0.3) is 0 Å². The summed E-state index contributed by atoms with van der Waals surface area (Å²) in [7, 11) is 0. The number of thioether (sulfide) groups is 1. The number of esters is 1. The van der Waals surface area contributed by atoms with Crippen LogP contribution >= 0.6 is 34.7 Å². The van der Waals surface area contributed by atoms with Gasteiger partial charge in [0.1, 0.15) is 11.0 Å². The molecule has 2 aliphatic heterocycles. The lowest BCUT2D eigenvalue weighted by Gasteiger charge is -2.29. The molecule has 0 aliphatic carbocycles. The van der Waals surface area contributed by atoms with Gasteiger partial charge in [-0.2, -0.15) is 0 Å². The summed E-state index contributed by atoms with van der Waals surface area (Å²) in [5.41, 5.74) is 1.96. The number of imide groups is 1. The highest BCUT2D eigenvalue weighted by Crippen LogP contribution is 2.53. The average Bonchev–Trinajstić information content (AvgIpc) is 3.51. The summed E-state index contributed by atoms with van der Waals surface area (Å²) >= 11 is 8.08. The van der Waals surface area contributed by atoms with Gasteiger partial charge in [0.25, 0.3) is 5.91 Å². The first-order chi connectivity index (χ1) is 21.2. The lowest BCUT2D eigenvalue weighted by Crippen LogP contribution is -2.32. The normalized spacial score (nSPS) is 18.9. The second-order valence-electron chi connectivity index (χ2n) is 9.94. The van der Waals surface area contributed by atoms with Gasteiger partial charge in [0.2, 0.25) is 11.8 Å². The smallest absolute Gasteiger partial charge is 0.338 e. The summed E-state index contributed by atoms with van der Waals surface area (Å²) in [5, 5.41) is 3.09. The Balaban J connectivity index is 1.22. The molecular formula is C31H24ClN3O7S2. The number of halogens is 1. The minimum atomic E-state index is -0.770. The van der Waals surface area contributed by atoms with Crippen LogP contribution in [-0.4, -0.2) is 47.1 Å². The first-order valence-corrected chi connectivity index (χ1v) is 15.6. The van der Waals surface area contributed by atoms with Gasteiger partial charge in [-0.3, -0.25) is 19.2 Å². The van der Waals surface area contributed by atoms with Crippen LogP contribution in [0.5, 0.6) is 5.75 Å². The van der Waals surface area contributed by atoms with Crippen molar-refractivity contribution in [2.75, 3.05) is 23.4 Å². The quantitative estimate of drug-likeness (QED) is 0.199. The van der Waals surface area contributed by atoms with E-state index in [0.29, 0.717) is 37.6 Å². The van der Waals surface area contributed by atoms with E-state index >= 15 is 0 Å². The van der Waals surface area contributed by atoms with E-state index < -0.39 is 34.9 Å². The van der Waals surface area contributed by atoms with Gasteiger partial charge in [-0.15, -0.1) is 0 Å². The van der Waals surface area contributed by atoms with Crippen LogP contribution in [-0.2, 0) is 19.1 Å². The molecule has 2 N–H and O–H groups in total. The van der Waals surface area contributed by atoms with Crippen molar-refractivity contribution in [3.63, 3.8) is 0 Å². The molecule has 3 atom stereocenters. The number of ether oxygens (including phenoxy) is 2. The number of thiazole rings is 1. The van der Waals surface area contributed by atoms with Crippen LogP contribution in [0, 0.1) is 5.92 Å². The number of anilines is 2. The molecule has 224 valence electrons. The Bertz CT molecular complexity index is 1800. The number of carbonyl (C=O) groups excluding carboxylic acids is 4. The fourth-order valence-electron chi connectivity index (χ4n) is 5.24. The zero-order chi connectivity index (χ0) is 31.0. The Kier molecular flexibility index (Phi) is 8.30. The van der Waals surface area contributed by atoms with Crippen LogP contribution in [0.2, 0.25) is 5.02 Å². The Labute approximate surface area is 264 Å². The third-order valence-corrected chi connectivity index (χ3v) is 9.85. The number of amides is 3.